The molecule has 2 atom stereocenters. The summed E-state index contributed by atoms with van der Waals surface area (Å²) in [6.45, 7) is 0. The van der Waals surface area contributed by atoms with E-state index in [2.05, 4.69) is 11.1 Å². The fraction of sp³-hybridized carbons (Fsp3) is 0.312. The van der Waals surface area contributed by atoms with E-state index in [-0.39, 0.29) is 10.5 Å². The molecule has 1 aromatic heterocycles. The molecule has 0 spiro atoms. The summed E-state index contributed by atoms with van der Waals surface area (Å²) in [7, 11) is -2.91. The Labute approximate surface area is 118 Å². The van der Waals surface area contributed by atoms with Crippen molar-refractivity contribution in [2.24, 2.45) is 0 Å². The number of pyridine rings is 1. The van der Waals surface area contributed by atoms with Crippen LogP contribution < -0.4 is 0 Å². The summed E-state index contributed by atoms with van der Waals surface area (Å²) in [5.74, 6) is 0. The molecule has 20 heavy (non-hydrogen) atoms. The second-order valence-electron chi connectivity index (χ2n) is 5.64. The number of rotatable bonds is 1. The molecular formula is C16H15NO2S. The molecule has 4 rings (SSSR count). The predicted molar refractivity (Wildman–Crippen MR) is 80.1 cm³/mol. The fourth-order valence-electron chi connectivity index (χ4n) is 3.32. The van der Waals surface area contributed by atoms with E-state index in [0.717, 1.165) is 34.9 Å². The number of aromatic nitrogens is 1. The molecule has 2 aliphatic rings. The molecule has 0 radical (unpaired) electrons. The summed E-state index contributed by atoms with van der Waals surface area (Å²) < 4.78 is 24.2. The zero-order chi connectivity index (χ0) is 13.7. The van der Waals surface area contributed by atoms with Gasteiger partial charge in [0.1, 0.15) is 0 Å². The van der Waals surface area contributed by atoms with Crippen LogP contribution >= 0.6 is 0 Å². The summed E-state index contributed by atoms with van der Waals surface area (Å²) in [6.07, 6.45) is 6.03. The van der Waals surface area contributed by atoms with E-state index in [0.29, 0.717) is 6.42 Å². The van der Waals surface area contributed by atoms with E-state index in [4.69, 9.17) is 0 Å². The maximum absolute atomic E-state index is 12.1. The van der Waals surface area contributed by atoms with Crippen molar-refractivity contribution in [3.63, 3.8) is 0 Å². The van der Waals surface area contributed by atoms with Gasteiger partial charge in [-0.3, -0.25) is 4.98 Å². The Balaban J connectivity index is 1.81. The summed E-state index contributed by atoms with van der Waals surface area (Å²) in [5, 5.41) is 0.647. The minimum absolute atomic E-state index is 0.182. The lowest BCUT2D eigenvalue weighted by atomic mass is 10.0. The number of sulfone groups is 1. The van der Waals surface area contributed by atoms with Crippen LogP contribution in [0.5, 0.6) is 0 Å². The summed E-state index contributed by atoms with van der Waals surface area (Å²) in [4.78, 5) is 4.47. The molecule has 1 saturated heterocycles. The SMILES string of the molecule is O=S1(=O)C2C=C(c3cnc4ccccc4c3)CC1CC2. The molecule has 1 fully saturated rings. The Kier molecular flexibility index (Phi) is 2.51. The second kappa shape index (κ2) is 4.16. The third-order valence-electron chi connectivity index (χ3n) is 4.46. The number of benzene rings is 1. The Morgan fingerprint density at radius 1 is 1.15 bits per heavy atom. The molecule has 2 aromatic rings. The number of para-hydroxylation sites is 1. The highest BCUT2D eigenvalue weighted by Crippen LogP contribution is 2.40. The molecule has 3 heterocycles. The van der Waals surface area contributed by atoms with Gasteiger partial charge in [0.15, 0.2) is 9.84 Å². The smallest absolute Gasteiger partial charge is 0.159 e. The number of hydrogen-bond donors (Lipinski definition) is 0. The third-order valence-corrected chi connectivity index (χ3v) is 7.00. The molecule has 102 valence electrons. The Morgan fingerprint density at radius 3 is 2.85 bits per heavy atom. The summed E-state index contributed by atoms with van der Waals surface area (Å²) in [5.41, 5.74) is 3.18. The van der Waals surface area contributed by atoms with Gasteiger partial charge in [-0.15, -0.1) is 0 Å². The van der Waals surface area contributed by atoms with Gasteiger partial charge in [0.25, 0.3) is 0 Å². The van der Waals surface area contributed by atoms with Gasteiger partial charge in [0, 0.05) is 11.6 Å². The first-order chi connectivity index (χ1) is 9.64. The van der Waals surface area contributed by atoms with E-state index in [1.54, 1.807) is 0 Å². The average Bonchev–Trinajstić information content (AvgIpc) is 2.67. The Bertz CT molecular complexity index is 823. The third kappa shape index (κ3) is 1.71. The van der Waals surface area contributed by atoms with Crippen molar-refractivity contribution in [2.75, 3.05) is 0 Å². The molecule has 2 bridgehead atoms. The molecule has 0 amide bonds. The normalized spacial score (nSPS) is 27.5. The van der Waals surface area contributed by atoms with Gasteiger partial charge in [0.2, 0.25) is 0 Å². The van der Waals surface area contributed by atoms with E-state index < -0.39 is 9.84 Å². The number of fused-ring (bicyclic) bond motifs is 3. The number of nitrogens with zero attached hydrogens (tertiary/aromatic N) is 1. The Morgan fingerprint density at radius 2 is 2.00 bits per heavy atom. The molecule has 0 aliphatic carbocycles. The van der Waals surface area contributed by atoms with Crippen LogP contribution in [0.1, 0.15) is 24.8 Å². The van der Waals surface area contributed by atoms with Crippen molar-refractivity contribution in [3.8, 4) is 0 Å². The van der Waals surface area contributed by atoms with Crippen molar-refractivity contribution in [1.82, 2.24) is 4.98 Å². The second-order valence-corrected chi connectivity index (χ2v) is 8.09. The summed E-state index contributed by atoms with van der Waals surface area (Å²) in [6, 6.07) is 10.1. The molecule has 1 aromatic carbocycles. The molecule has 0 saturated carbocycles. The largest absolute Gasteiger partial charge is 0.256 e. The maximum atomic E-state index is 12.1. The van der Waals surface area contributed by atoms with Crippen molar-refractivity contribution in [3.05, 3.63) is 48.2 Å². The topological polar surface area (TPSA) is 47.0 Å². The first-order valence-corrected chi connectivity index (χ1v) is 8.54. The van der Waals surface area contributed by atoms with Crippen molar-refractivity contribution in [1.29, 1.82) is 0 Å². The van der Waals surface area contributed by atoms with Crippen LogP contribution in [0.4, 0.5) is 0 Å². The highest BCUT2D eigenvalue weighted by molar-refractivity contribution is 7.93. The van der Waals surface area contributed by atoms with Crippen LogP contribution in [-0.4, -0.2) is 23.9 Å². The molecule has 2 aliphatic heterocycles. The first-order valence-electron chi connectivity index (χ1n) is 6.93. The van der Waals surface area contributed by atoms with E-state index >= 15 is 0 Å². The van der Waals surface area contributed by atoms with E-state index in [9.17, 15) is 8.42 Å². The van der Waals surface area contributed by atoms with Gasteiger partial charge in [-0.05, 0) is 42.5 Å². The standard InChI is InChI=1S/C16H15NO2S/c18-20(19)14-5-6-15(20)9-12(8-14)13-7-11-3-1-2-4-16(11)17-10-13/h1-4,7-8,10,14-15H,5-6,9H2. The minimum atomic E-state index is -2.91. The van der Waals surface area contributed by atoms with Gasteiger partial charge >= 0.3 is 0 Å². The average molecular weight is 285 g/mol. The Hall–Kier alpha value is -1.68. The highest BCUT2D eigenvalue weighted by Gasteiger charge is 2.43. The molecule has 2 unspecified atom stereocenters. The van der Waals surface area contributed by atoms with Crippen LogP contribution in [0.15, 0.2) is 42.6 Å². The van der Waals surface area contributed by atoms with Crippen LogP contribution in [0.3, 0.4) is 0 Å². The molecular weight excluding hydrogens is 270 g/mol. The van der Waals surface area contributed by atoms with Gasteiger partial charge in [0.05, 0.1) is 16.0 Å². The minimum Gasteiger partial charge on any atom is -0.256 e. The number of hydrogen-bond acceptors (Lipinski definition) is 3. The zero-order valence-electron chi connectivity index (χ0n) is 11.0. The lowest BCUT2D eigenvalue weighted by molar-refractivity contribution is 0.585. The molecule has 0 N–H and O–H groups in total. The molecule has 3 nitrogen and oxygen atoms in total. The van der Waals surface area contributed by atoms with Crippen molar-refractivity contribution >= 4 is 26.3 Å². The first kappa shape index (κ1) is 12.1. The zero-order valence-corrected chi connectivity index (χ0v) is 11.8. The van der Waals surface area contributed by atoms with Crippen molar-refractivity contribution < 1.29 is 8.42 Å². The maximum Gasteiger partial charge on any atom is 0.159 e. The molecule has 4 heteroatoms. The van der Waals surface area contributed by atoms with Crippen LogP contribution in [-0.2, 0) is 9.84 Å². The quantitative estimate of drug-likeness (QED) is 0.809. The van der Waals surface area contributed by atoms with Gasteiger partial charge in [-0.2, -0.15) is 0 Å². The van der Waals surface area contributed by atoms with Crippen LogP contribution in [0.2, 0.25) is 0 Å². The van der Waals surface area contributed by atoms with E-state index in [1.807, 2.05) is 36.5 Å². The van der Waals surface area contributed by atoms with Gasteiger partial charge < -0.3 is 0 Å². The lowest BCUT2D eigenvalue weighted by Crippen LogP contribution is -2.26. The highest BCUT2D eigenvalue weighted by atomic mass is 32.2. The van der Waals surface area contributed by atoms with Gasteiger partial charge in [-0.25, -0.2) is 8.42 Å². The van der Waals surface area contributed by atoms with E-state index in [1.165, 1.54) is 0 Å². The van der Waals surface area contributed by atoms with Crippen LogP contribution in [0.25, 0.3) is 16.5 Å². The lowest BCUT2D eigenvalue weighted by Gasteiger charge is -2.20. The van der Waals surface area contributed by atoms with Crippen molar-refractivity contribution in [2.45, 2.75) is 29.8 Å². The van der Waals surface area contributed by atoms with Crippen LogP contribution in [0, 0.1) is 0 Å². The van der Waals surface area contributed by atoms with Gasteiger partial charge in [-0.1, -0.05) is 24.3 Å². The summed E-state index contributed by atoms with van der Waals surface area (Å²) >= 11 is 0. The fourth-order valence-corrected chi connectivity index (χ4v) is 5.51. The monoisotopic (exact) mass is 285 g/mol. The predicted octanol–water partition coefficient (Wildman–Crippen LogP) is 2.97. The number of allylic oxidation sites excluding steroid dienone is 1.